The van der Waals surface area contributed by atoms with Gasteiger partial charge >= 0.3 is 0 Å². The van der Waals surface area contributed by atoms with E-state index >= 15 is 0 Å². The van der Waals surface area contributed by atoms with Crippen molar-refractivity contribution in [3.63, 3.8) is 0 Å². The second-order valence-electron chi connectivity index (χ2n) is 7.65. The maximum Gasteiger partial charge on any atom is 0.262 e. The molecule has 1 aliphatic carbocycles. The maximum atomic E-state index is 13.9. The van der Waals surface area contributed by atoms with Crippen LogP contribution in [0.1, 0.15) is 45.4 Å². The third-order valence-corrected chi connectivity index (χ3v) is 8.16. The van der Waals surface area contributed by atoms with E-state index in [1.807, 2.05) is 30.3 Å². The fourth-order valence-corrected chi connectivity index (χ4v) is 6.28. The normalized spacial score (nSPS) is 19.7. The van der Waals surface area contributed by atoms with Gasteiger partial charge in [-0.2, -0.15) is 0 Å². The Balaban J connectivity index is 0.00000312. The third kappa shape index (κ3) is 5.77. The summed E-state index contributed by atoms with van der Waals surface area (Å²) in [6.45, 7) is 4.42. The highest BCUT2D eigenvalue weighted by Gasteiger charge is 2.49. The molecule has 1 fully saturated rings. The summed E-state index contributed by atoms with van der Waals surface area (Å²) in [7, 11) is 1.01. The van der Waals surface area contributed by atoms with Gasteiger partial charge < -0.3 is 38.1 Å². The summed E-state index contributed by atoms with van der Waals surface area (Å²) in [5.74, 6) is 0. The molecule has 6 heteroatoms. The molecule has 0 saturated heterocycles. The average Bonchev–Trinajstić information content (AvgIpc) is 2.56. The molecule has 1 atom stereocenters. The number of benzene rings is 1. The van der Waals surface area contributed by atoms with Crippen molar-refractivity contribution in [2.45, 2.75) is 50.8 Å². The van der Waals surface area contributed by atoms with E-state index in [1.54, 1.807) is 0 Å². The van der Waals surface area contributed by atoms with Gasteiger partial charge in [-0.25, -0.2) is 0 Å². The molecule has 1 aromatic rings. The SMILES string of the molecule is CCC[N+](C)(C)CCOP(=O)(c1ccccc1)C1(O)CCCCC1.[I-]. The zero-order chi connectivity index (χ0) is 17.7. The van der Waals surface area contributed by atoms with Crippen molar-refractivity contribution in [1.29, 1.82) is 0 Å². The molecule has 25 heavy (non-hydrogen) atoms. The molecule has 1 aromatic carbocycles. The maximum absolute atomic E-state index is 13.9. The molecule has 0 heterocycles. The molecule has 0 bridgehead atoms. The Labute approximate surface area is 170 Å². The summed E-state index contributed by atoms with van der Waals surface area (Å²) in [6, 6.07) is 9.31. The number of nitrogens with zero attached hydrogens (tertiary/aromatic N) is 1. The van der Waals surface area contributed by atoms with Crippen LogP contribution in [0.3, 0.4) is 0 Å². The smallest absolute Gasteiger partial charge is 0.262 e. The van der Waals surface area contributed by atoms with Crippen molar-refractivity contribution in [1.82, 2.24) is 0 Å². The van der Waals surface area contributed by atoms with Gasteiger partial charge in [-0.15, -0.1) is 0 Å². The van der Waals surface area contributed by atoms with Gasteiger partial charge in [0.15, 0.2) is 0 Å². The summed E-state index contributed by atoms with van der Waals surface area (Å²) >= 11 is 0. The molecule has 1 aliphatic rings. The highest BCUT2D eigenvalue weighted by Crippen LogP contribution is 2.61. The first-order valence-corrected chi connectivity index (χ1v) is 10.8. The summed E-state index contributed by atoms with van der Waals surface area (Å²) in [5, 5.41) is 10.6. The van der Waals surface area contributed by atoms with Gasteiger partial charge in [-0.05, 0) is 44.2 Å². The third-order valence-electron chi connectivity index (χ3n) is 5.10. The number of aliphatic hydroxyl groups is 1. The molecular weight excluding hydrogens is 448 g/mol. The van der Waals surface area contributed by atoms with Crippen LogP contribution in [0.25, 0.3) is 0 Å². The van der Waals surface area contributed by atoms with E-state index in [2.05, 4.69) is 21.0 Å². The molecule has 0 spiro atoms. The van der Waals surface area contributed by atoms with Gasteiger partial charge in [0, 0.05) is 5.30 Å². The molecule has 0 aliphatic heterocycles. The highest BCUT2D eigenvalue weighted by molar-refractivity contribution is 7.68. The van der Waals surface area contributed by atoms with Crippen LogP contribution in [0.15, 0.2) is 30.3 Å². The van der Waals surface area contributed by atoms with Gasteiger partial charge in [0.25, 0.3) is 7.37 Å². The van der Waals surface area contributed by atoms with Crippen molar-refractivity contribution in [3.05, 3.63) is 30.3 Å². The van der Waals surface area contributed by atoms with E-state index in [0.29, 0.717) is 24.8 Å². The Hall–Kier alpha value is 0.0600. The molecule has 0 aromatic heterocycles. The molecule has 4 nitrogen and oxygen atoms in total. The lowest BCUT2D eigenvalue weighted by molar-refractivity contribution is -0.890. The number of hydrogen-bond acceptors (Lipinski definition) is 3. The van der Waals surface area contributed by atoms with Crippen molar-refractivity contribution < 1.29 is 42.7 Å². The number of halogens is 1. The van der Waals surface area contributed by atoms with Crippen LogP contribution in [-0.2, 0) is 9.09 Å². The monoisotopic (exact) mass is 481 g/mol. The summed E-state index contributed by atoms with van der Waals surface area (Å²) in [4.78, 5) is 0. The zero-order valence-corrected chi connectivity index (χ0v) is 18.8. The molecule has 1 unspecified atom stereocenters. The van der Waals surface area contributed by atoms with Crippen molar-refractivity contribution in [2.75, 3.05) is 33.8 Å². The summed E-state index contributed by atoms with van der Waals surface area (Å²) in [6.07, 6.45) is 5.14. The second-order valence-corrected chi connectivity index (χ2v) is 10.4. The Kier molecular flexibility index (Phi) is 9.09. The van der Waals surface area contributed by atoms with E-state index in [1.165, 1.54) is 0 Å². The Bertz CT molecular complexity index is 559. The molecular formula is C19H33INO3P. The lowest BCUT2D eigenvalue weighted by Crippen LogP contribution is -3.00. The van der Waals surface area contributed by atoms with Crippen LogP contribution in [0.5, 0.6) is 0 Å². The Morgan fingerprint density at radius 1 is 1.12 bits per heavy atom. The predicted molar refractivity (Wildman–Crippen MR) is 99.8 cm³/mol. The molecule has 144 valence electrons. The molecule has 0 amide bonds. The van der Waals surface area contributed by atoms with E-state index in [-0.39, 0.29) is 24.0 Å². The van der Waals surface area contributed by atoms with E-state index in [0.717, 1.165) is 43.3 Å². The van der Waals surface area contributed by atoms with Gasteiger partial charge in [0.2, 0.25) is 0 Å². The lowest BCUT2D eigenvalue weighted by atomic mass is 9.97. The lowest BCUT2D eigenvalue weighted by Gasteiger charge is -2.39. The number of rotatable bonds is 8. The molecule has 0 radical (unpaired) electrons. The molecule has 1 saturated carbocycles. The van der Waals surface area contributed by atoms with E-state index in [4.69, 9.17) is 4.52 Å². The van der Waals surface area contributed by atoms with Crippen molar-refractivity contribution in [3.8, 4) is 0 Å². The van der Waals surface area contributed by atoms with Crippen LogP contribution >= 0.6 is 7.37 Å². The fourth-order valence-electron chi connectivity index (χ4n) is 3.61. The summed E-state index contributed by atoms with van der Waals surface area (Å²) in [5.41, 5.74) is 0. The van der Waals surface area contributed by atoms with Crippen molar-refractivity contribution in [2.24, 2.45) is 0 Å². The minimum absolute atomic E-state index is 0. The van der Waals surface area contributed by atoms with Crippen LogP contribution in [0, 0.1) is 0 Å². The molecule has 1 N–H and O–H groups in total. The minimum Gasteiger partial charge on any atom is -1.00 e. The minimum atomic E-state index is -3.32. The van der Waals surface area contributed by atoms with Crippen LogP contribution in [0.2, 0.25) is 0 Å². The van der Waals surface area contributed by atoms with Crippen molar-refractivity contribution >= 4 is 12.7 Å². The first kappa shape index (κ1) is 23.1. The van der Waals surface area contributed by atoms with Gasteiger partial charge in [-0.1, -0.05) is 31.5 Å². The van der Waals surface area contributed by atoms with Gasteiger partial charge in [-0.3, -0.25) is 4.57 Å². The van der Waals surface area contributed by atoms with Gasteiger partial charge in [0.1, 0.15) is 18.5 Å². The van der Waals surface area contributed by atoms with Gasteiger partial charge in [0.05, 0.1) is 20.6 Å². The van der Waals surface area contributed by atoms with E-state index < -0.39 is 12.7 Å². The van der Waals surface area contributed by atoms with E-state index in [9.17, 15) is 9.67 Å². The number of hydrogen-bond donors (Lipinski definition) is 1. The first-order valence-electron chi connectivity index (χ1n) is 9.18. The quantitative estimate of drug-likeness (QED) is 0.339. The Morgan fingerprint density at radius 2 is 1.72 bits per heavy atom. The van der Waals surface area contributed by atoms with Crippen LogP contribution < -0.4 is 29.3 Å². The number of likely N-dealkylation sites (N-methyl/N-ethyl adjacent to an activating group) is 1. The molecule has 2 rings (SSSR count). The van der Waals surface area contributed by atoms with Crippen LogP contribution in [-0.4, -0.2) is 48.7 Å². The second kappa shape index (κ2) is 9.84. The predicted octanol–water partition coefficient (Wildman–Crippen LogP) is 0.750. The Morgan fingerprint density at radius 3 is 2.28 bits per heavy atom. The number of quaternary nitrogens is 1. The largest absolute Gasteiger partial charge is 1.00 e. The average molecular weight is 481 g/mol. The zero-order valence-electron chi connectivity index (χ0n) is 15.8. The highest BCUT2D eigenvalue weighted by atomic mass is 127. The first-order chi connectivity index (χ1) is 11.3. The van der Waals surface area contributed by atoms with Crippen LogP contribution in [0.4, 0.5) is 0 Å². The summed E-state index contributed by atoms with van der Waals surface area (Å²) < 4.78 is 20.7. The topological polar surface area (TPSA) is 46.5 Å². The fraction of sp³-hybridized carbons (Fsp3) is 0.684. The standard InChI is InChI=1S/C19H33NO3P.HI/c1-4-15-20(2,3)16-17-23-24(22,18-11-7-5-8-12-18)19(21)13-9-6-10-14-19;/h5,7-8,11-12,21H,4,6,9-10,13-17H2,1-3H3;1H/q+1;/p-1.